The number of aromatic carboxylic acids is 1. The van der Waals surface area contributed by atoms with Crippen LogP contribution in [0.5, 0.6) is 0 Å². The monoisotopic (exact) mass is 855 g/mol. The number of anilines is 1. The van der Waals surface area contributed by atoms with Gasteiger partial charge in [0.15, 0.2) is 10.8 Å². The zero-order valence-corrected chi connectivity index (χ0v) is 36.6. The van der Waals surface area contributed by atoms with E-state index in [0.29, 0.717) is 64.7 Å². The summed E-state index contributed by atoms with van der Waals surface area (Å²) in [5, 5.41) is 28.7. The molecule has 3 aliphatic rings. The number of para-hydroxylation sites is 1. The molecule has 2 aromatic carbocycles. The average Bonchev–Trinajstić information content (AvgIpc) is 3.99. The molecular weight excluding hydrogens is 803 g/mol. The minimum absolute atomic E-state index is 0.0470. The third-order valence-electron chi connectivity index (χ3n) is 13.9. The number of nitrogens with one attached hydrogen (secondary N) is 1. The van der Waals surface area contributed by atoms with Gasteiger partial charge in [0.1, 0.15) is 0 Å². The topological polar surface area (TPSA) is 173 Å². The van der Waals surface area contributed by atoms with Gasteiger partial charge in [-0.2, -0.15) is 5.10 Å². The fraction of sp³-hybridized carbons (Fsp3) is 0.438. The van der Waals surface area contributed by atoms with E-state index in [1.165, 1.54) is 30.6 Å². The predicted octanol–water partition coefficient (Wildman–Crippen LogP) is 9.35. The Kier molecular flexibility index (Phi) is 10.8. The van der Waals surface area contributed by atoms with Crippen molar-refractivity contribution in [3.63, 3.8) is 0 Å². The molecule has 322 valence electrons. The summed E-state index contributed by atoms with van der Waals surface area (Å²) in [5.74, 6) is -2.27. The number of aliphatic carboxylic acids is 1. The lowest BCUT2D eigenvalue weighted by molar-refractivity contribution is -0.137. The third-order valence-corrected chi connectivity index (χ3v) is 14.8. The Balaban J connectivity index is 0.972. The minimum atomic E-state index is -1.15. The van der Waals surface area contributed by atoms with E-state index in [1.807, 2.05) is 55.3 Å². The molecule has 3 fully saturated rings. The largest absolute Gasteiger partial charge is 0.481 e. The van der Waals surface area contributed by atoms with Gasteiger partial charge in [0, 0.05) is 59.2 Å². The number of carbonyl (C=O) groups is 3. The Morgan fingerprint density at radius 2 is 1.66 bits per heavy atom. The number of likely N-dealkylation sites (N-methyl/N-ethyl adjacent to an activating group) is 1. The number of carbonyl (C=O) groups excluding carboxylic acids is 1. The number of nitrogens with zero attached hydrogens (tertiary/aromatic N) is 6. The lowest BCUT2D eigenvalue weighted by atomic mass is 9.64. The lowest BCUT2D eigenvalue weighted by Crippen LogP contribution is -2.42. The smallest absolute Gasteiger partial charge is 0.355 e. The van der Waals surface area contributed by atoms with Crippen LogP contribution < -0.4 is 5.32 Å². The van der Waals surface area contributed by atoms with E-state index < -0.39 is 11.9 Å². The number of hydrogen-bond acceptors (Lipinski definition) is 10. The Morgan fingerprint density at radius 1 is 0.871 bits per heavy atom. The standard InChI is InChI=1S/C48H53N7O6S/c1-30-35(24-50-55(30)29-47-17-18-48(28-47,61-21-20-54(4)19-14-40(56)57)27-46(3)16-15-45(2,25-46)26-47)32-12-13-36(51-41(32)43(59)60)31-22-34-33(8-7-10-37(34)49-23-31)42(58)53-44-52-38-9-5-6-11-39(38)62-44/h5-13,22-24H,14-21,25-29H2,1-4H3,(H,56,57)(H,59,60)(H,52,53,58). The summed E-state index contributed by atoms with van der Waals surface area (Å²) < 4.78 is 9.98. The van der Waals surface area contributed by atoms with Crippen LogP contribution in [0.3, 0.4) is 0 Å². The van der Waals surface area contributed by atoms with Crippen LogP contribution in [0, 0.1) is 23.2 Å². The van der Waals surface area contributed by atoms with Gasteiger partial charge in [-0.15, -0.1) is 0 Å². The van der Waals surface area contributed by atoms with Crippen LogP contribution >= 0.6 is 11.3 Å². The van der Waals surface area contributed by atoms with Gasteiger partial charge in [0.05, 0.1) is 46.3 Å². The molecule has 0 spiro atoms. The van der Waals surface area contributed by atoms with Gasteiger partial charge in [-0.25, -0.2) is 14.8 Å². The molecule has 0 radical (unpaired) electrons. The Hall–Kier alpha value is -5.57. The molecule has 1 amide bonds. The van der Waals surface area contributed by atoms with Crippen molar-refractivity contribution >= 4 is 55.4 Å². The van der Waals surface area contributed by atoms with E-state index in [9.17, 15) is 19.5 Å². The zero-order chi connectivity index (χ0) is 43.4. The number of fused-ring (bicyclic) bond motifs is 6. The highest BCUT2D eigenvalue weighted by molar-refractivity contribution is 7.22. The van der Waals surface area contributed by atoms with Gasteiger partial charge >= 0.3 is 11.9 Å². The third kappa shape index (κ3) is 8.23. The fourth-order valence-corrected chi connectivity index (χ4v) is 12.3. The van der Waals surface area contributed by atoms with E-state index in [4.69, 9.17) is 19.9 Å². The van der Waals surface area contributed by atoms with Crippen LogP contribution in [0.25, 0.3) is 43.5 Å². The van der Waals surface area contributed by atoms with E-state index >= 15 is 0 Å². The van der Waals surface area contributed by atoms with E-state index in [1.54, 1.807) is 36.7 Å². The molecule has 6 aromatic rings. The van der Waals surface area contributed by atoms with Crippen molar-refractivity contribution in [3.05, 3.63) is 90.0 Å². The second-order valence-corrected chi connectivity index (χ2v) is 20.1. The van der Waals surface area contributed by atoms with Crippen molar-refractivity contribution in [2.24, 2.45) is 16.2 Å². The summed E-state index contributed by atoms with van der Waals surface area (Å²) >= 11 is 1.40. The first-order chi connectivity index (χ1) is 29.6. The number of rotatable bonds is 14. The van der Waals surface area contributed by atoms with Gasteiger partial charge in [-0.05, 0) is 124 Å². The fourth-order valence-electron chi connectivity index (χ4n) is 11.4. The van der Waals surface area contributed by atoms with Crippen LogP contribution in [0.4, 0.5) is 5.13 Å². The first-order valence-corrected chi connectivity index (χ1v) is 22.3. The summed E-state index contributed by atoms with van der Waals surface area (Å²) in [7, 11) is 1.95. The maximum absolute atomic E-state index is 13.6. The molecule has 4 unspecified atom stereocenters. The zero-order valence-electron chi connectivity index (χ0n) is 35.7. The van der Waals surface area contributed by atoms with E-state index in [2.05, 4.69) is 33.8 Å². The highest BCUT2D eigenvalue weighted by Crippen LogP contribution is 2.66. The highest BCUT2D eigenvalue weighted by Gasteiger charge is 2.59. The molecule has 62 heavy (non-hydrogen) atoms. The Bertz CT molecular complexity index is 2700. The van der Waals surface area contributed by atoms with Gasteiger partial charge in [0.2, 0.25) is 0 Å². The normalized spacial score (nSPS) is 24.4. The summed E-state index contributed by atoms with van der Waals surface area (Å²) in [6.07, 6.45) is 12.1. The molecule has 14 heteroatoms. The van der Waals surface area contributed by atoms with Gasteiger partial charge < -0.3 is 19.8 Å². The van der Waals surface area contributed by atoms with Crippen molar-refractivity contribution in [2.45, 2.75) is 90.7 Å². The van der Waals surface area contributed by atoms with Crippen molar-refractivity contribution in [1.29, 1.82) is 0 Å². The van der Waals surface area contributed by atoms with Gasteiger partial charge in [0.25, 0.3) is 5.91 Å². The Morgan fingerprint density at radius 3 is 2.45 bits per heavy atom. The maximum atomic E-state index is 13.6. The van der Waals surface area contributed by atoms with Gasteiger partial charge in [-0.1, -0.05) is 43.4 Å². The van der Waals surface area contributed by atoms with Crippen LogP contribution in [-0.2, 0) is 16.1 Å². The average molecular weight is 856 g/mol. The lowest BCUT2D eigenvalue weighted by Gasteiger charge is -2.45. The number of aromatic nitrogens is 5. The molecule has 0 aliphatic heterocycles. The molecule has 0 saturated heterocycles. The number of thiazole rings is 1. The SMILES string of the molecule is Cc1c(-c2ccc(-c3cnc4cccc(C(=O)Nc5nc6ccccc6s5)c4c3)nc2C(=O)O)cnn1CC12CCC(OCCN(C)CCC(=O)O)(CC3(C)CCC(C)(C3)C1)C2. The summed E-state index contributed by atoms with van der Waals surface area (Å²) in [6.45, 7) is 9.34. The Labute approximate surface area is 364 Å². The summed E-state index contributed by atoms with van der Waals surface area (Å²) in [6, 6.07) is 18.5. The number of ether oxygens (including phenoxy) is 1. The summed E-state index contributed by atoms with van der Waals surface area (Å²) in [4.78, 5) is 53.6. The molecule has 9 rings (SSSR count). The van der Waals surface area contributed by atoms with E-state index in [-0.39, 0.29) is 39.9 Å². The van der Waals surface area contributed by atoms with Crippen LogP contribution in [-0.4, -0.2) is 90.0 Å². The molecule has 3 aliphatic carbocycles. The van der Waals surface area contributed by atoms with Crippen LogP contribution in [0.15, 0.2) is 73.1 Å². The number of pyridine rings is 2. The van der Waals surface area contributed by atoms with Gasteiger partial charge in [-0.3, -0.25) is 24.6 Å². The predicted molar refractivity (Wildman–Crippen MR) is 239 cm³/mol. The molecule has 4 aromatic heterocycles. The molecule has 4 heterocycles. The number of hydrogen-bond donors (Lipinski definition) is 3. The number of carboxylic acid groups (broad SMARTS) is 2. The first-order valence-electron chi connectivity index (χ1n) is 21.5. The number of amides is 1. The van der Waals surface area contributed by atoms with Crippen molar-refractivity contribution in [2.75, 3.05) is 32.1 Å². The first kappa shape index (κ1) is 41.8. The second-order valence-electron chi connectivity index (χ2n) is 19.0. The highest BCUT2D eigenvalue weighted by atomic mass is 32.1. The molecule has 3 N–H and O–H groups in total. The molecule has 4 atom stereocenters. The molecule has 4 bridgehead atoms. The maximum Gasteiger partial charge on any atom is 0.355 e. The molecule has 3 saturated carbocycles. The van der Waals surface area contributed by atoms with Crippen molar-refractivity contribution in [1.82, 2.24) is 29.6 Å². The second kappa shape index (κ2) is 16.0. The number of benzene rings is 2. The molecular formula is C48H53N7O6S. The summed E-state index contributed by atoms with van der Waals surface area (Å²) in [5.41, 5.74) is 5.00. The minimum Gasteiger partial charge on any atom is -0.481 e. The van der Waals surface area contributed by atoms with Crippen LogP contribution in [0.2, 0.25) is 0 Å². The van der Waals surface area contributed by atoms with Crippen molar-refractivity contribution < 1.29 is 29.3 Å². The van der Waals surface area contributed by atoms with E-state index in [0.717, 1.165) is 53.6 Å². The molecule has 13 nitrogen and oxygen atoms in total. The quantitative estimate of drug-likeness (QED) is 0.0953. The van der Waals surface area contributed by atoms with Crippen LogP contribution in [0.1, 0.15) is 98.2 Å². The van der Waals surface area contributed by atoms with Crippen molar-refractivity contribution in [3.8, 4) is 22.4 Å². The number of carboxylic acids is 2.